The molecule has 4 aromatic rings. The minimum Gasteiger partial charge on any atom is -0.0843 e. The zero-order valence-corrected chi connectivity index (χ0v) is 17.2. The Bertz CT molecular complexity index is 1450. The molecule has 0 amide bonds. The summed E-state index contributed by atoms with van der Waals surface area (Å²) in [5.41, 5.74) is 10.8. The summed E-state index contributed by atoms with van der Waals surface area (Å²) in [7, 11) is 0. The summed E-state index contributed by atoms with van der Waals surface area (Å²) in [6, 6.07) is 28.9. The predicted molar refractivity (Wildman–Crippen MR) is 126 cm³/mol. The number of halogens is 1. The van der Waals surface area contributed by atoms with Crippen LogP contribution in [0.1, 0.15) is 35.1 Å². The van der Waals surface area contributed by atoms with E-state index in [1.165, 1.54) is 55.3 Å². The lowest BCUT2D eigenvalue weighted by molar-refractivity contribution is 0.782. The zero-order valence-electron chi connectivity index (χ0n) is 16.5. The van der Waals surface area contributed by atoms with Crippen molar-refractivity contribution in [2.45, 2.75) is 18.3 Å². The summed E-state index contributed by atoms with van der Waals surface area (Å²) < 4.78 is 0. The molecule has 4 aromatic carbocycles. The first-order valence-corrected chi connectivity index (χ1v) is 11.0. The molecule has 7 rings (SSSR count). The van der Waals surface area contributed by atoms with Crippen molar-refractivity contribution in [3.63, 3.8) is 0 Å². The fraction of sp³-hybridized carbons (Fsp3) is 0.103. The van der Waals surface area contributed by atoms with Gasteiger partial charge in [-0.3, -0.25) is 0 Å². The highest BCUT2D eigenvalue weighted by molar-refractivity contribution is 6.30. The van der Waals surface area contributed by atoms with E-state index in [-0.39, 0.29) is 5.41 Å². The summed E-state index contributed by atoms with van der Waals surface area (Å²) in [6.07, 6.45) is 6.93. The molecule has 1 spiro atoms. The molecule has 0 fully saturated rings. The molecule has 0 bridgehead atoms. The van der Waals surface area contributed by atoms with Crippen LogP contribution in [0.5, 0.6) is 0 Å². The maximum absolute atomic E-state index is 6.59. The van der Waals surface area contributed by atoms with Crippen LogP contribution >= 0.6 is 11.6 Å². The number of rotatable bonds is 0. The Morgan fingerprint density at radius 1 is 0.667 bits per heavy atom. The van der Waals surface area contributed by atoms with Crippen LogP contribution in [0, 0.1) is 0 Å². The fourth-order valence-corrected chi connectivity index (χ4v) is 6.24. The molecule has 0 aromatic heterocycles. The molecular weight excluding hydrogens is 384 g/mol. The van der Waals surface area contributed by atoms with Crippen LogP contribution in [-0.2, 0) is 5.41 Å². The van der Waals surface area contributed by atoms with Gasteiger partial charge in [-0.25, -0.2) is 0 Å². The van der Waals surface area contributed by atoms with Gasteiger partial charge in [0.15, 0.2) is 0 Å². The molecule has 0 heterocycles. The number of hydrogen-bond donors (Lipinski definition) is 0. The van der Waals surface area contributed by atoms with E-state index in [0.29, 0.717) is 0 Å². The average Bonchev–Trinajstić information content (AvgIpc) is 3.24. The van der Waals surface area contributed by atoms with Gasteiger partial charge >= 0.3 is 0 Å². The molecule has 0 aliphatic heterocycles. The molecule has 1 unspecified atom stereocenters. The lowest BCUT2D eigenvalue weighted by atomic mass is 9.69. The maximum atomic E-state index is 6.59. The van der Waals surface area contributed by atoms with Gasteiger partial charge in [0, 0.05) is 5.02 Å². The molecule has 3 aliphatic rings. The van der Waals surface area contributed by atoms with Crippen LogP contribution in [0.2, 0.25) is 5.02 Å². The van der Waals surface area contributed by atoms with Crippen molar-refractivity contribution in [3.05, 3.63) is 124 Å². The van der Waals surface area contributed by atoms with Crippen LogP contribution in [0.4, 0.5) is 0 Å². The van der Waals surface area contributed by atoms with Gasteiger partial charge in [-0.2, -0.15) is 0 Å². The number of allylic oxidation sites excluding steroid dienone is 4. The van der Waals surface area contributed by atoms with Gasteiger partial charge in [0.2, 0.25) is 0 Å². The lowest BCUT2D eigenvalue weighted by Crippen LogP contribution is -2.27. The Balaban J connectivity index is 1.71. The number of fused-ring (bicyclic) bond motifs is 10. The lowest BCUT2D eigenvalue weighted by Gasteiger charge is -2.32. The predicted octanol–water partition coefficient (Wildman–Crippen LogP) is 7.93. The van der Waals surface area contributed by atoms with Crippen molar-refractivity contribution in [3.8, 4) is 11.1 Å². The Morgan fingerprint density at radius 2 is 1.40 bits per heavy atom. The fourth-order valence-electron chi connectivity index (χ4n) is 6.07. The molecule has 142 valence electrons. The summed E-state index contributed by atoms with van der Waals surface area (Å²) in [4.78, 5) is 0. The Labute approximate surface area is 181 Å². The van der Waals surface area contributed by atoms with Gasteiger partial charge in [-0.15, -0.1) is 0 Å². The Kier molecular flexibility index (Phi) is 3.19. The number of hydrogen-bond acceptors (Lipinski definition) is 0. The number of benzene rings is 4. The third kappa shape index (κ3) is 1.89. The molecule has 0 radical (unpaired) electrons. The van der Waals surface area contributed by atoms with E-state index in [1.807, 2.05) is 6.07 Å². The van der Waals surface area contributed by atoms with E-state index in [0.717, 1.165) is 17.9 Å². The van der Waals surface area contributed by atoms with Crippen molar-refractivity contribution in [2.75, 3.05) is 0 Å². The van der Waals surface area contributed by atoms with E-state index in [1.54, 1.807) is 0 Å². The molecule has 3 aliphatic carbocycles. The van der Waals surface area contributed by atoms with Gasteiger partial charge in [-0.1, -0.05) is 78.4 Å². The summed E-state index contributed by atoms with van der Waals surface area (Å²) in [5, 5.41) is 3.41. The Morgan fingerprint density at radius 3 is 2.30 bits per heavy atom. The van der Waals surface area contributed by atoms with Gasteiger partial charge in [0.05, 0.1) is 5.41 Å². The third-order valence-corrected chi connectivity index (χ3v) is 7.43. The largest absolute Gasteiger partial charge is 0.0843 e. The molecule has 1 heteroatoms. The molecule has 0 saturated heterocycles. The summed E-state index contributed by atoms with van der Waals surface area (Å²) in [5.74, 6) is 0. The summed E-state index contributed by atoms with van der Waals surface area (Å²) >= 11 is 6.59. The molecule has 1 atom stereocenters. The van der Waals surface area contributed by atoms with Crippen molar-refractivity contribution in [2.24, 2.45) is 0 Å². The van der Waals surface area contributed by atoms with E-state index < -0.39 is 0 Å². The smallest absolute Gasteiger partial charge is 0.0722 e. The van der Waals surface area contributed by atoms with Gasteiger partial charge in [0.25, 0.3) is 0 Å². The van der Waals surface area contributed by atoms with Crippen LogP contribution in [0.15, 0.2) is 96.6 Å². The second-order valence-corrected chi connectivity index (χ2v) is 9.00. The quantitative estimate of drug-likeness (QED) is 0.280. The molecule has 0 N–H and O–H groups in total. The van der Waals surface area contributed by atoms with Crippen LogP contribution < -0.4 is 0 Å². The highest BCUT2D eigenvalue weighted by Gasteiger charge is 2.52. The summed E-state index contributed by atoms with van der Waals surface area (Å²) in [6.45, 7) is 0. The molecule has 0 nitrogen and oxygen atoms in total. The van der Waals surface area contributed by atoms with Crippen molar-refractivity contribution < 1.29 is 0 Å². The standard InChI is InChI=1S/C29H19Cl/c30-20-13-14-23-21-9-3-5-11-25(21)29(28(23)17-20)26-12-6-4-10-22(26)24-15-18-7-1-2-8-19(18)16-27(24)29/h1-3,5-9,11-17H,4,10H2. The monoisotopic (exact) mass is 402 g/mol. The SMILES string of the molecule is Clc1ccc2c(c1)C1(C3=C(CCC=C3)c3cc4ccccc4cc31)c1ccccc1-2. The van der Waals surface area contributed by atoms with Gasteiger partial charge in [-0.05, 0) is 92.4 Å². The van der Waals surface area contributed by atoms with Crippen molar-refractivity contribution in [1.29, 1.82) is 0 Å². The molecule has 0 saturated carbocycles. The average molecular weight is 403 g/mol. The maximum Gasteiger partial charge on any atom is 0.0722 e. The topological polar surface area (TPSA) is 0 Å². The molecule has 30 heavy (non-hydrogen) atoms. The highest BCUT2D eigenvalue weighted by atomic mass is 35.5. The zero-order chi connectivity index (χ0) is 19.9. The van der Waals surface area contributed by atoms with Crippen molar-refractivity contribution >= 4 is 27.9 Å². The highest BCUT2D eigenvalue weighted by Crippen LogP contribution is 2.63. The van der Waals surface area contributed by atoms with Gasteiger partial charge in [0.1, 0.15) is 0 Å². The van der Waals surface area contributed by atoms with E-state index in [2.05, 4.69) is 84.9 Å². The van der Waals surface area contributed by atoms with E-state index >= 15 is 0 Å². The van der Waals surface area contributed by atoms with E-state index in [9.17, 15) is 0 Å². The van der Waals surface area contributed by atoms with Crippen molar-refractivity contribution in [1.82, 2.24) is 0 Å². The Hall–Kier alpha value is -3.09. The molecular formula is C29H19Cl. The normalized spacial score (nSPS) is 20.4. The minimum atomic E-state index is -0.275. The second-order valence-electron chi connectivity index (χ2n) is 8.56. The minimum absolute atomic E-state index is 0.275. The first-order valence-electron chi connectivity index (χ1n) is 10.6. The first-order chi connectivity index (χ1) is 14.8. The van der Waals surface area contributed by atoms with Crippen LogP contribution in [0.25, 0.3) is 27.5 Å². The first kappa shape index (κ1) is 16.7. The van der Waals surface area contributed by atoms with Gasteiger partial charge < -0.3 is 0 Å². The van der Waals surface area contributed by atoms with E-state index in [4.69, 9.17) is 11.6 Å². The third-order valence-electron chi connectivity index (χ3n) is 7.20. The second kappa shape index (κ2) is 5.74. The van der Waals surface area contributed by atoms with Crippen LogP contribution in [0.3, 0.4) is 0 Å². The van der Waals surface area contributed by atoms with Crippen LogP contribution in [-0.4, -0.2) is 0 Å².